The molecule has 3 aromatic rings. The van der Waals surface area contributed by atoms with Crippen molar-refractivity contribution in [3.05, 3.63) is 64.8 Å². The molecule has 1 aliphatic carbocycles. The Morgan fingerprint density at radius 1 is 1.00 bits per heavy atom. The van der Waals surface area contributed by atoms with E-state index in [0.717, 1.165) is 49.9 Å². The molecular weight excluding hydrogens is 653 g/mol. The van der Waals surface area contributed by atoms with E-state index in [4.69, 9.17) is 21.4 Å². The summed E-state index contributed by atoms with van der Waals surface area (Å²) in [7, 11) is -5.78. The van der Waals surface area contributed by atoms with Gasteiger partial charge in [0.15, 0.2) is 0 Å². The number of benzene rings is 2. The first-order valence-electron chi connectivity index (χ1n) is 15.8. The van der Waals surface area contributed by atoms with Gasteiger partial charge in [0.2, 0.25) is 11.8 Å². The molecule has 5 rings (SSSR count). The number of nitrogens with zero attached hydrogens (tertiary/aromatic N) is 2. The van der Waals surface area contributed by atoms with Crippen LogP contribution in [0.3, 0.4) is 0 Å². The molecule has 2 heterocycles. The zero-order valence-electron chi connectivity index (χ0n) is 26.5. The summed E-state index contributed by atoms with van der Waals surface area (Å²) in [5.74, 6) is -1.24. The zero-order chi connectivity index (χ0) is 34.3. The van der Waals surface area contributed by atoms with Crippen molar-refractivity contribution in [1.82, 2.24) is 15.2 Å². The maximum atomic E-state index is 14.3. The lowest BCUT2D eigenvalue weighted by Gasteiger charge is -2.39. The fourth-order valence-electron chi connectivity index (χ4n) is 6.54. The molecule has 47 heavy (non-hydrogen) atoms. The van der Waals surface area contributed by atoms with Gasteiger partial charge in [-0.1, -0.05) is 57.7 Å². The Kier molecular flexibility index (Phi) is 9.91. The smallest absolute Gasteiger partial charge is 0.351 e. The quantitative estimate of drug-likeness (QED) is 0.197. The fraction of sp³-hybridized carbons (Fsp3) is 0.485. The van der Waals surface area contributed by atoms with Gasteiger partial charge in [-0.2, -0.15) is 8.78 Å². The summed E-state index contributed by atoms with van der Waals surface area (Å²) in [6.45, 7) is 5.74. The standard InChI is InChI=1S/C33H40ClF2N4O6P/c1-32(2,3)28(38-29(41)26-19-20-18-21(11-16-25(20)37-26)33(35,36)47(44,45)46)31(43)39-17-7-10-27(39)30(42)40(23-8-5-4-6-9-23)24-14-12-22(34)13-15-24/h11-16,18-19,23,27-28,37H,4-10,17H2,1-3H3,(H,38,41)(H2,44,45,46)/t27-,28?/m0/s1. The number of halogens is 3. The number of rotatable bonds is 8. The number of carbonyl (C=O) groups is 3. The van der Waals surface area contributed by atoms with Gasteiger partial charge in [0.25, 0.3) is 5.91 Å². The fourth-order valence-corrected chi connectivity index (χ4v) is 7.14. The summed E-state index contributed by atoms with van der Waals surface area (Å²) in [6, 6.07) is 9.66. The van der Waals surface area contributed by atoms with Crippen molar-refractivity contribution in [3.63, 3.8) is 0 Å². The van der Waals surface area contributed by atoms with Gasteiger partial charge < -0.3 is 29.9 Å². The normalized spacial score (nSPS) is 18.7. The monoisotopic (exact) mass is 692 g/mol. The molecule has 1 aromatic heterocycles. The molecule has 1 aliphatic heterocycles. The molecule has 254 valence electrons. The van der Waals surface area contributed by atoms with Crippen molar-refractivity contribution in [2.75, 3.05) is 11.4 Å². The van der Waals surface area contributed by atoms with E-state index in [9.17, 15) is 27.7 Å². The van der Waals surface area contributed by atoms with Crippen LogP contribution in [0.5, 0.6) is 0 Å². The van der Waals surface area contributed by atoms with Gasteiger partial charge in [0, 0.05) is 39.8 Å². The number of nitrogens with one attached hydrogen (secondary N) is 2. The Labute approximate surface area is 277 Å². The molecule has 1 saturated heterocycles. The maximum Gasteiger partial charge on any atom is 0.399 e. The molecule has 0 bridgehead atoms. The summed E-state index contributed by atoms with van der Waals surface area (Å²) in [5, 5.41) is 3.49. The topological polar surface area (TPSA) is 143 Å². The first-order chi connectivity index (χ1) is 22.0. The minimum absolute atomic E-state index is 0.00254. The largest absolute Gasteiger partial charge is 0.399 e. The molecule has 0 radical (unpaired) electrons. The van der Waals surface area contributed by atoms with E-state index in [0.29, 0.717) is 24.4 Å². The molecule has 2 fully saturated rings. The van der Waals surface area contributed by atoms with Gasteiger partial charge in [0.05, 0.1) is 0 Å². The number of carbonyl (C=O) groups excluding carboxylic acids is 3. The van der Waals surface area contributed by atoms with E-state index in [1.807, 2.05) is 17.0 Å². The molecule has 1 unspecified atom stereocenters. The highest BCUT2D eigenvalue weighted by atomic mass is 35.5. The molecule has 2 atom stereocenters. The van der Waals surface area contributed by atoms with Crippen molar-refractivity contribution < 1.29 is 37.5 Å². The molecule has 14 heteroatoms. The zero-order valence-corrected chi connectivity index (χ0v) is 28.2. The van der Waals surface area contributed by atoms with E-state index in [-0.39, 0.29) is 28.5 Å². The molecule has 0 spiro atoms. The molecule has 10 nitrogen and oxygen atoms in total. The molecule has 3 amide bonds. The van der Waals surface area contributed by atoms with E-state index >= 15 is 0 Å². The summed E-state index contributed by atoms with van der Waals surface area (Å²) in [4.78, 5) is 66.5. The van der Waals surface area contributed by atoms with E-state index in [1.165, 1.54) is 12.1 Å². The molecular formula is C33H40ClF2N4O6P. The van der Waals surface area contributed by atoms with Crippen LogP contribution in [0.25, 0.3) is 10.9 Å². The van der Waals surface area contributed by atoms with Crippen LogP contribution in [0.2, 0.25) is 5.02 Å². The van der Waals surface area contributed by atoms with Gasteiger partial charge in [-0.05, 0) is 73.6 Å². The first kappa shape index (κ1) is 35.0. The van der Waals surface area contributed by atoms with Crippen molar-refractivity contribution in [3.8, 4) is 0 Å². The molecule has 2 aliphatic rings. The second kappa shape index (κ2) is 13.3. The number of anilines is 1. The van der Waals surface area contributed by atoms with Crippen molar-refractivity contribution in [2.45, 2.75) is 89.5 Å². The van der Waals surface area contributed by atoms with Gasteiger partial charge >= 0.3 is 13.3 Å². The average molecular weight is 693 g/mol. The Bertz CT molecular complexity index is 1700. The Morgan fingerprint density at radius 2 is 1.66 bits per heavy atom. The summed E-state index contributed by atoms with van der Waals surface area (Å²) in [6.07, 6.45) is 5.95. The Morgan fingerprint density at radius 3 is 2.28 bits per heavy atom. The van der Waals surface area contributed by atoms with Crippen LogP contribution in [0, 0.1) is 5.41 Å². The number of fused-ring (bicyclic) bond motifs is 1. The maximum absolute atomic E-state index is 14.3. The van der Waals surface area contributed by atoms with Crippen LogP contribution in [0.15, 0.2) is 48.5 Å². The summed E-state index contributed by atoms with van der Waals surface area (Å²) >= 11 is 6.15. The number of aromatic amines is 1. The molecule has 1 saturated carbocycles. The highest BCUT2D eigenvalue weighted by molar-refractivity contribution is 7.52. The van der Waals surface area contributed by atoms with Crippen LogP contribution in [-0.4, -0.2) is 62.1 Å². The minimum Gasteiger partial charge on any atom is -0.351 e. The lowest BCUT2D eigenvalue weighted by atomic mass is 9.85. The second-order valence-electron chi connectivity index (χ2n) is 13.5. The highest BCUT2D eigenvalue weighted by Gasteiger charge is 2.50. The number of aromatic nitrogens is 1. The third kappa shape index (κ3) is 7.26. The Balaban J connectivity index is 1.39. The number of likely N-dealkylation sites (tertiary alicyclic amines) is 1. The third-order valence-corrected chi connectivity index (χ3v) is 10.3. The number of amides is 3. The van der Waals surface area contributed by atoms with Crippen LogP contribution in [0.1, 0.15) is 81.8 Å². The van der Waals surface area contributed by atoms with Crippen LogP contribution >= 0.6 is 19.2 Å². The number of alkyl halides is 2. The minimum atomic E-state index is -5.78. The van der Waals surface area contributed by atoms with Gasteiger partial charge in [-0.3, -0.25) is 18.9 Å². The average Bonchev–Trinajstić information content (AvgIpc) is 3.67. The SMILES string of the molecule is CC(C)(C)C(NC(=O)c1cc2cc(C(F)(F)P(=O)(O)O)ccc2[nH]1)C(=O)N1CCC[C@H]1C(=O)N(c1ccc(Cl)cc1)C1CCCCC1. The Hall–Kier alpha value is -3.31. The van der Waals surface area contributed by atoms with E-state index < -0.39 is 48.1 Å². The molecule has 2 aromatic carbocycles. The van der Waals surface area contributed by atoms with Gasteiger partial charge in [-0.15, -0.1) is 0 Å². The predicted molar refractivity (Wildman–Crippen MR) is 175 cm³/mol. The van der Waals surface area contributed by atoms with Gasteiger partial charge in [0.1, 0.15) is 17.8 Å². The number of H-pyrrole nitrogens is 1. The summed E-state index contributed by atoms with van der Waals surface area (Å²) in [5.41, 5.74) is -5.08. The predicted octanol–water partition coefficient (Wildman–Crippen LogP) is 6.55. The number of hydrogen-bond donors (Lipinski definition) is 4. The highest BCUT2D eigenvalue weighted by Crippen LogP contribution is 2.59. The lowest BCUT2D eigenvalue weighted by Crippen LogP contribution is -2.59. The van der Waals surface area contributed by atoms with E-state index in [2.05, 4.69) is 10.3 Å². The van der Waals surface area contributed by atoms with Crippen LogP contribution in [0.4, 0.5) is 14.5 Å². The van der Waals surface area contributed by atoms with Crippen molar-refractivity contribution in [2.24, 2.45) is 5.41 Å². The van der Waals surface area contributed by atoms with Crippen LogP contribution in [-0.2, 0) is 19.8 Å². The summed E-state index contributed by atoms with van der Waals surface area (Å²) < 4.78 is 40.0. The first-order valence-corrected chi connectivity index (χ1v) is 17.7. The van der Waals surface area contributed by atoms with Crippen molar-refractivity contribution >= 4 is 53.5 Å². The van der Waals surface area contributed by atoms with Crippen molar-refractivity contribution in [1.29, 1.82) is 0 Å². The number of hydrogen-bond acceptors (Lipinski definition) is 4. The molecule has 4 N–H and O–H groups in total. The van der Waals surface area contributed by atoms with Gasteiger partial charge in [-0.25, -0.2) is 0 Å². The van der Waals surface area contributed by atoms with E-state index in [1.54, 1.807) is 37.8 Å². The second-order valence-corrected chi connectivity index (χ2v) is 15.6. The van der Waals surface area contributed by atoms with Crippen LogP contribution < -0.4 is 10.2 Å². The lowest BCUT2D eigenvalue weighted by molar-refractivity contribution is -0.141. The third-order valence-electron chi connectivity index (χ3n) is 9.07.